The molecular formula is C29H35F3N6O2. The number of hydrogen-bond acceptors (Lipinski definition) is 6. The van der Waals surface area contributed by atoms with E-state index in [1.165, 1.54) is 17.2 Å². The molecule has 3 N–H and O–H groups in total. The number of amides is 1. The lowest BCUT2D eigenvalue weighted by Crippen LogP contribution is -2.44. The van der Waals surface area contributed by atoms with Crippen LogP contribution in [0.2, 0.25) is 0 Å². The highest BCUT2D eigenvalue weighted by Crippen LogP contribution is 2.40. The molecule has 2 saturated heterocycles. The molecule has 1 aliphatic carbocycles. The fourth-order valence-corrected chi connectivity index (χ4v) is 6.71. The number of carbonyl (C=O) groups excluding carboxylic acids is 1. The van der Waals surface area contributed by atoms with Gasteiger partial charge in [0.05, 0.1) is 17.6 Å². The van der Waals surface area contributed by atoms with Crippen molar-refractivity contribution in [3.05, 3.63) is 52.8 Å². The van der Waals surface area contributed by atoms with Crippen LogP contribution in [0.25, 0.3) is 10.9 Å². The minimum atomic E-state index is -4.46. The van der Waals surface area contributed by atoms with Crippen LogP contribution in [0.5, 0.6) is 0 Å². The maximum atomic E-state index is 13.2. The second-order valence-corrected chi connectivity index (χ2v) is 11.4. The topological polar surface area (TPSA) is 95.2 Å². The van der Waals surface area contributed by atoms with E-state index >= 15 is 0 Å². The number of benzene rings is 1. The van der Waals surface area contributed by atoms with Gasteiger partial charge in [-0.3, -0.25) is 19.8 Å². The number of nitrogens with zero attached hydrogens (tertiary/aromatic N) is 3. The molecule has 0 spiro atoms. The normalized spacial score (nSPS) is 23.9. The summed E-state index contributed by atoms with van der Waals surface area (Å²) in [5, 5.41) is 13.3. The van der Waals surface area contributed by atoms with Crippen molar-refractivity contribution in [2.75, 3.05) is 38.2 Å². The summed E-state index contributed by atoms with van der Waals surface area (Å²) < 4.78 is 45.2. The highest BCUT2D eigenvalue weighted by atomic mass is 19.4. The maximum Gasteiger partial charge on any atom is 0.416 e. The monoisotopic (exact) mass is 556 g/mol. The average molecular weight is 557 g/mol. The Morgan fingerprint density at radius 2 is 2.00 bits per heavy atom. The van der Waals surface area contributed by atoms with Crippen molar-refractivity contribution in [1.82, 2.24) is 25.4 Å². The molecule has 11 heteroatoms. The summed E-state index contributed by atoms with van der Waals surface area (Å²) in [4.78, 5) is 20.2. The lowest BCUT2D eigenvalue weighted by Gasteiger charge is -2.31. The van der Waals surface area contributed by atoms with E-state index in [9.17, 15) is 18.0 Å². The lowest BCUT2D eigenvalue weighted by molar-refractivity contribution is -0.137. The van der Waals surface area contributed by atoms with Crippen LogP contribution in [0.15, 0.2) is 30.5 Å². The molecule has 214 valence electrons. The molecule has 3 aliphatic rings. The summed E-state index contributed by atoms with van der Waals surface area (Å²) in [5.41, 5.74) is 3.49. The van der Waals surface area contributed by atoms with Crippen LogP contribution in [-0.4, -0.2) is 70.9 Å². The Hall–Kier alpha value is -3.18. The first-order valence-corrected chi connectivity index (χ1v) is 14.1. The van der Waals surface area contributed by atoms with Crippen molar-refractivity contribution in [1.29, 1.82) is 0 Å². The molecule has 8 nitrogen and oxygen atoms in total. The van der Waals surface area contributed by atoms with Crippen LogP contribution < -0.4 is 10.6 Å². The number of carbonyl (C=O) groups is 1. The van der Waals surface area contributed by atoms with E-state index in [1.54, 1.807) is 0 Å². The molecule has 40 heavy (non-hydrogen) atoms. The van der Waals surface area contributed by atoms with Gasteiger partial charge in [-0.15, -0.1) is 0 Å². The van der Waals surface area contributed by atoms with Crippen LogP contribution in [0.4, 0.5) is 19.0 Å². The van der Waals surface area contributed by atoms with Crippen LogP contribution in [0.3, 0.4) is 0 Å². The van der Waals surface area contributed by atoms with Gasteiger partial charge in [0.25, 0.3) is 0 Å². The maximum absolute atomic E-state index is 13.2. The van der Waals surface area contributed by atoms with Gasteiger partial charge >= 0.3 is 6.18 Å². The Morgan fingerprint density at radius 1 is 1.18 bits per heavy atom. The minimum absolute atomic E-state index is 0.00707. The summed E-state index contributed by atoms with van der Waals surface area (Å²) in [6, 6.07) is 6.05. The molecule has 3 aromatic rings. The number of aromatic nitrogens is 3. The van der Waals surface area contributed by atoms with Gasteiger partial charge in [-0.1, -0.05) is 0 Å². The van der Waals surface area contributed by atoms with E-state index < -0.39 is 11.7 Å². The fraction of sp³-hybridized carbons (Fsp3) is 0.552. The molecule has 2 unspecified atom stereocenters. The number of H-pyrrole nitrogens is 1. The van der Waals surface area contributed by atoms with Gasteiger partial charge in [-0.25, -0.2) is 0 Å². The number of nitrogens with one attached hydrogen (secondary N) is 3. The Morgan fingerprint density at radius 3 is 2.80 bits per heavy atom. The SMILES string of the molecule is Cc1cc2c(cn1)C(C[C@H]1CN(C3CCOCC3)CC1NC(=O)CNc1n[nH]c3ccc(C(F)(F)F)cc13)CC2. The number of pyridine rings is 1. The molecule has 1 aromatic carbocycles. The third-order valence-electron chi connectivity index (χ3n) is 8.78. The smallest absolute Gasteiger partial charge is 0.381 e. The van der Waals surface area contributed by atoms with E-state index in [0.29, 0.717) is 28.8 Å². The predicted octanol–water partition coefficient (Wildman–Crippen LogP) is 4.41. The second-order valence-electron chi connectivity index (χ2n) is 11.4. The molecule has 0 saturated carbocycles. The molecule has 4 heterocycles. The summed E-state index contributed by atoms with van der Waals surface area (Å²) in [6.07, 6.45) is 2.72. The first kappa shape index (κ1) is 27.0. The van der Waals surface area contributed by atoms with Gasteiger partial charge in [0, 0.05) is 55.7 Å². The van der Waals surface area contributed by atoms with Crippen molar-refractivity contribution in [2.24, 2.45) is 5.92 Å². The Balaban J connectivity index is 1.13. The fourth-order valence-electron chi connectivity index (χ4n) is 6.71. The molecule has 0 bridgehead atoms. The van der Waals surface area contributed by atoms with Crippen molar-refractivity contribution in [3.8, 4) is 0 Å². The molecule has 1 amide bonds. The van der Waals surface area contributed by atoms with Crippen LogP contribution >= 0.6 is 0 Å². The van der Waals surface area contributed by atoms with Gasteiger partial charge in [-0.2, -0.15) is 18.3 Å². The number of anilines is 1. The number of fused-ring (bicyclic) bond motifs is 2. The molecule has 0 radical (unpaired) electrons. The third kappa shape index (κ3) is 5.67. The van der Waals surface area contributed by atoms with Gasteiger partial charge < -0.3 is 15.4 Å². The van der Waals surface area contributed by atoms with E-state index in [-0.39, 0.29) is 24.3 Å². The number of aromatic amines is 1. The lowest BCUT2D eigenvalue weighted by atomic mass is 9.88. The standard InChI is InChI=1S/C29H35F3N6O2/c1-17-10-18-2-3-19(24(18)13-33-17)11-20-15-38(22-6-8-40-9-7-22)16-26(20)35-27(39)14-34-28-23-12-21(29(30,31)32)4-5-25(23)36-37-28/h4-5,10,12-13,19-20,22,26H,2-3,6-9,11,14-16H2,1H3,(H,35,39)(H2,34,36,37)/t19?,20-,26?/m0/s1. The summed E-state index contributed by atoms with van der Waals surface area (Å²) in [6.45, 7) is 5.19. The van der Waals surface area contributed by atoms with Gasteiger partial charge in [0.15, 0.2) is 5.82 Å². The average Bonchev–Trinajstić information content (AvgIpc) is 3.64. The van der Waals surface area contributed by atoms with E-state index in [0.717, 1.165) is 76.2 Å². The van der Waals surface area contributed by atoms with Gasteiger partial charge in [-0.05, 0) is 86.3 Å². The predicted molar refractivity (Wildman–Crippen MR) is 145 cm³/mol. The number of ether oxygens (including phenoxy) is 1. The zero-order valence-corrected chi connectivity index (χ0v) is 22.6. The van der Waals surface area contributed by atoms with Gasteiger partial charge in [0.2, 0.25) is 5.91 Å². The third-order valence-corrected chi connectivity index (χ3v) is 8.78. The van der Waals surface area contributed by atoms with Crippen molar-refractivity contribution < 1.29 is 22.7 Å². The Kier molecular flexibility index (Phi) is 7.43. The van der Waals surface area contributed by atoms with Crippen LogP contribution in [-0.2, 0) is 22.1 Å². The molecule has 2 fully saturated rings. The van der Waals surface area contributed by atoms with Crippen molar-refractivity contribution >= 4 is 22.6 Å². The highest BCUT2D eigenvalue weighted by molar-refractivity contribution is 5.92. The first-order chi connectivity index (χ1) is 19.2. The second kappa shape index (κ2) is 11.0. The molecule has 2 aromatic heterocycles. The summed E-state index contributed by atoms with van der Waals surface area (Å²) in [5.74, 6) is 0.757. The van der Waals surface area contributed by atoms with Crippen LogP contribution in [0.1, 0.15) is 54.0 Å². The number of likely N-dealkylation sites (tertiary alicyclic amines) is 1. The molecule has 6 rings (SSSR count). The molecule has 3 atom stereocenters. The minimum Gasteiger partial charge on any atom is -0.381 e. The number of aryl methyl sites for hydroxylation is 2. The largest absolute Gasteiger partial charge is 0.416 e. The summed E-state index contributed by atoms with van der Waals surface area (Å²) in [7, 11) is 0. The van der Waals surface area contributed by atoms with Crippen molar-refractivity contribution in [2.45, 2.75) is 63.2 Å². The number of halogens is 3. The first-order valence-electron chi connectivity index (χ1n) is 14.1. The number of hydrogen-bond donors (Lipinski definition) is 3. The van der Waals surface area contributed by atoms with Crippen molar-refractivity contribution in [3.63, 3.8) is 0 Å². The number of rotatable bonds is 7. The Bertz CT molecular complexity index is 1370. The molecule has 2 aliphatic heterocycles. The number of alkyl halides is 3. The van der Waals surface area contributed by atoms with E-state index in [2.05, 4.69) is 36.8 Å². The van der Waals surface area contributed by atoms with Crippen LogP contribution in [0, 0.1) is 12.8 Å². The highest BCUT2D eigenvalue weighted by Gasteiger charge is 2.39. The molecular weight excluding hydrogens is 521 g/mol. The van der Waals surface area contributed by atoms with Gasteiger partial charge in [0.1, 0.15) is 0 Å². The zero-order chi connectivity index (χ0) is 27.9. The van der Waals surface area contributed by atoms with E-state index in [1.807, 2.05) is 13.1 Å². The van der Waals surface area contributed by atoms with E-state index in [4.69, 9.17) is 4.74 Å². The zero-order valence-electron chi connectivity index (χ0n) is 22.6. The Labute approximate surface area is 231 Å². The summed E-state index contributed by atoms with van der Waals surface area (Å²) >= 11 is 0. The quantitative estimate of drug-likeness (QED) is 0.399.